The average molecular weight is 300 g/mol. The molecule has 2 aromatic heterocycles. The highest BCUT2D eigenvalue weighted by Crippen LogP contribution is 2.30. The Kier molecular flexibility index (Phi) is 3.33. The zero-order valence-corrected chi connectivity index (χ0v) is 12.4. The number of nitrogens with one attached hydrogen (secondary N) is 1. The molecule has 0 unspecified atom stereocenters. The van der Waals surface area contributed by atoms with Crippen LogP contribution in [-0.4, -0.2) is 15.0 Å². The number of thiocarbonyl (C=S) groups is 1. The van der Waals surface area contributed by atoms with Gasteiger partial charge in [0.05, 0.1) is 16.8 Å². The molecule has 1 aromatic carbocycles. The van der Waals surface area contributed by atoms with Crippen LogP contribution in [0.5, 0.6) is 0 Å². The van der Waals surface area contributed by atoms with Crippen molar-refractivity contribution in [2.45, 2.75) is 6.92 Å². The summed E-state index contributed by atoms with van der Waals surface area (Å²) in [6, 6.07) is 7.86. The number of anilines is 2. The summed E-state index contributed by atoms with van der Waals surface area (Å²) in [5.41, 5.74) is 8.28. The van der Waals surface area contributed by atoms with Crippen LogP contribution in [0.15, 0.2) is 36.7 Å². The third-order valence-corrected chi connectivity index (χ3v) is 3.94. The van der Waals surface area contributed by atoms with Gasteiger partial charge in [0.25, 0.3) is 0 Å². The molecule has 20 heavy (non-hydrogen) atoms. The first-order valence-corrected chi connectivity index (χ1v) is 7.24. The van der Waals surface area contributed by atoms with Crippen molar-refractivity contribution in [2.24, 2.45) is 5.73 Å². The second kappa shape index (κ2) is 5.15. The summed E-state index contributed by atoms with van der Waals surface area (Å²) in [4.78, 5) is 10.2. The Morgan fingerprint density at radius 2 is 2.05 bits per heavy atom. The highest BCUT2D eigenvalue weighted by Gasteiger charge is 2.12. The maximum absolute atomic E-state index is 5.80. The second-order valence-corrected chi connectivity index (χ2v) is 6.00. The fraction of sp³-hybridized carbons (Fsp3) is 0.0714. The summed E-state index contributed by atoms with van der Waals surface area (Å²) in [5.74, 6) is 0. The smallest absolute Gasteiger partial charge is 0.187 e. The van der Waals surface area contributed by atoms with E-state index >= 15 is 0 Å². The fourth-order valence-electron chi connectivity index (χ4n) is 1.98. The molecule has 0 amide bonds. The maximum Gasteiger partial charge on any atom is 0.187 e. The number of hydrogen-bond donors (Lipinski definition) is 2. The molecule has 6 heteroatoms. The normalized spacial score (nSPS) is 10.7. The zero-order valence-electron chi connectivity index (χ0n) is 10.8. The van der Waals surface area contributed by atoms with Crippen LogP contribution < -0.4 is 11.1 Å². The molecule has 0 aliphatic heterocycles. The molecule has 3 aromatic rings. The highest BCUT2D eigenvalue weighted by atomic mass is 32.1. The Hall–Kier alpha value is -2.05. The van der Waals surface area contributed by atoms with Gasteiger partial charge in [-0.1, -0.05) is 30.4 Å². The Labute approximate surface area is 125 Å². The lowest BCUT2D eigenvalue weighted by molar-refractivity contribution is 1.35. The van der Waals surface area contributed by atoms with Gasteiger partial charge in [-0.25, -0.2) is 4.98 Å². The van der Waals surface area contributed by atoms with Gasteiger partial charge in [0.15, 0.2) is 5.13 Å². The predicted molar refractivity (Wildman–Crippen MR) is 87.8 cm³/mol. The van der Waals surface area contributed by atoms with E-state index < -0.39 is 0 Å². The zero-order chi connectivity index (χ0) is 14.1. The number of hydrogen-bond acceptors (Lipinski definition) is 5. The molecule has 3 rings (SSSR count). The van der Waals surface area contributed by atoms with Crippen molar-refractivity contribution in [1.82, 2.24) is 9.97 Å². The largest absolute Gasteiger partial charge is 0.389 e. The molecule has 0 radical (unpaired) electrons. The minimum atomic E-state index is 0.319. The predicted octanol–water partition coefficient (Wildman–Crippen LogP) is 3.38. The monoisotopic (exact) mass is 300 g/mol. The van der Waals surface area contributed by atoms with Gasteiger partial charge in [-0.2, -0.15) is 0 Å². The molecule has 0 aliphatic carbocycles. The van der Waals surface area contributed by atoms with Crippen LogP contribution in [0.4, 0.5) is 10.8 Å². The van der Waals surface area contributed by atoms with Gasteiger partial charge in [-0.15, -0.1) is 11.3 Å². The van der Waals surface area contributed by atoms with Crippen molar-refractivity contribution in [2.75, 3.05) is 5.32 Å². The summed E-state index contributed by atoms with van der Waals surface area (Å²) in [6.07, 6.45) is 3.53. The van der Waals surface area contributed by atoms with Crippen LogP contribution >= 0.6 is 23.6 Å². The quantitative estimate of drug-likeness (QED) is 0.726. The summed E-state index contributed by atoms with van der Waals surface area (Å²) < 4.78 is 0. The Morgan fingerprint density at radius 1 is 1.25 bits per heavy atom. The molecular formula is C14H12N4S2. The number of para-hydroxylation sites is 1. The highest BCUT2D eigenvalue weighted by molar-refractivity contribution is 7.80. The molecule has 100 valence electrons. The van der Waals surface area contributed by atoms with Crippen LogP contribution in [0.25, 0.3) is 10.9 Å². The topological polar surface area (TPSA) is 63.8 Å². The Balaban J connectivity index is 2.19. The van der Waals surface area contributed by atoms with Crippen LogP contribution in [0, 0.1) is 6.92 Å². The van der Waals surface area contributed by atoms with Crippen molar-refractivity contribution in [3.63, 3.8) is 0 Å². The molecule has 0 saturated heterocycles. The van der Waals surface area contributed by atoms with Crippen LogP contribution in [0.1, 0.15) is 10.4 Å². The summed E-state index contributed by atoms with van der Waals surface area (Å²) >= 11 is 6.70. The summed E-state index contributed by atoms with van der Waals surface area (Å²) in [6.45, 7) is 2.02. The molecular weight excluding hydrogens is 288 g/mol. The van der Waals surface area contributed by atoms with E-state index in [2.05, 4.69) is 15.3 Å². The molecule has 0 fully saturated rings. The Morgan fingerprint density at radius 3 is 2.75 bits per heavy atom. The van der Waals surface area contributed by atoms with Gasteiger partial charge >= 0.3 is 0 Å². The molecule has 3 N–H and O–H groups in total. The van der Waals surface area contributed by atoms with Gasteiger partial charge in [0.1, 0.15) is 4.99 Å². The first-order chi connectivity index (χ1) is 9.65. The number of thiazole rings is 1. The van der Waals surface area contributed by atoms with Crippen molar-refractivity contribution in [3.8, 4) is 0 Å². The van der Waals surface area contributed by atoms with E-state index in [-0.39, 0.29) is 0 Å². The van der Waals surface area contributed by atoms with E-state index in [0.717, 1.165) is 32.2 Å². The van der Waals surface area contributed by atoms with Gasteiger partial charge in [0.2, 0.25) is 0 Å². The first-order valence-electron chi connectivity index (χ1n) is 6.02. The minimum absolute atomic E-state index is 0.319. The fourth-order valence-corrected chi connectivity index (χ4v) is 2.81. The molecule has 0 spiro atoms. The molecule has 2 heterocycles. The van der Waals surface area contributed by atoms with E-state index in [1.807, 2.05) is 37.4 Å². The maximum atomic E-state index is 5.80. The molecule has 0 aliphatic rings. The number of nitrogens with zero attached hydrogens (tertiary/aromatic N) is 2. The number of fused-ring (bicyclic) bond motifs is 1. The number of aryl methyl sites for hydroxylation is 1. The summed E-state index contributed by atoms with van der Waals surface area (Å²) in [5, 5.41) is 5.11. The van der Waals surface area contributed by atoms with E-state index in [9.17, 15) is 0 Å². The van der Waals surface area contributed by atoms with Crippen LogP contribution in [0.2, 0.25) is 0 Å². The third-order valence-electron chi connectivity index (χ3n) is 2.89. The van der Waals surface area contributed by atoms with Gasteiger partial charge in [-0.05, 0) is 13.0 Å². The molecule has 0 atom stereocenters. The first kappa shape index (κ1) is 13.0. The number of aromatic nitrogens is 2. The summed E-state index contributed by atoms with van der Waals surface area (Å²) in [7, 11) is 0. The number of pyridine rings is 1. The second-order valence-electron chi connectivity index (χ2n) is 4.33. The minimum Gasteiger partial charge on any atom is -0.389 e. The van der Waals surface area contributed by atoms with Crippen molar-refractivity contribution in [3.05, 3.63) is 47.1 Å². The third kappa shape index (κ3) is 2.35. The number of rotatable bonds is 3. The number of benzene rings is 1. The van der Waals surface area contributed by atoms with E-state index in [4.69, 9.17) is 18.0 Å². The van der Waals surface area contributed by atoms with Crippen LogP contribution in [0.3, 0.4) is 0 Å². The van der Waals surface area contributed by atoms with Gasteiger partial charge < -0.3 is 11.1 Å². The molecule has 0 bridgehead atoms. The lowest BCUT2D eigenvalue weighted by atomic mass is 10.1. The lowest BCUT2D eigenvalue weighted by Crippen LogP contribution is -2.12. The lowest BCUT2D eigenvalue weighted by Gasteiger charge is -2.12. The van der Waals surface area contributed by atoms with Gasteiger partial charge in [-0.3, -0.25) is 4.98 Å². The van der Waals surface area contributed by atoms with E-state index in [1.54, 1.807) is 17.5 Å². The van der Waals surface area contributed by atoms with Crippen LogP contribution in [-0.2, 0) is 0 Å². The van der Waals surface area contributed by atoms with Crippen molar-refractivity contribution in [1.29, 1.82) is 0 Å². The molecule has 4 nitrogen and oxygen atoms in total. The average Bonchev–Trinajstić information content (AvgIpc) is 2.84. The van der Waals surface area contributed by atoms with E-state index in [0.29, 0.717) is 4.99 Å². The van der Waals surface area contributed by atoms with E-state index in [1.165, 1.54) is 0 Å². The SMILES string of the molecule is Cc1cnc(Nc2c(C(N)=S)cnc3ccccc23)s1. The Bertz CT molecular complexity index is 795. The van der Waals surface area contributed by atoms with Gasteiger partial charge in [0, 0.05) is 22.7 Å². The van der Waals surface area contributed by atoms with Crippen molar-refractivity contribution >= 4 is 50.3 Å². The molecule has 0 saturated carbocycles. The number of nitrogens with two attached hydrogens (primary N) is 1. The van der Waals surface area contributed by atoms with Crippen molar-refractivity contribution < 1.29 is 0 Å². The standard InChI is InChI=1S/C14H12N4S2/c1-8-6-17-14(20-8)18-12-9-4-2-3-5-11(9)16-7-10(12)13(15)19/h2-7H,1H3,(H2,15,19)(H,16,17,18).